The van der Waals surface area contributed by atoms with Crippen LogP contribution in [0.15, 0.2) is 71.6 Å². The molecule has 1 heterocycles. The van der Waals surface area contributed by atoms with Crippen molar-refractivity contribution in [1.29, 1.82) is 0 Å². The maximum Gasteiger partial charge on any atom is 0.246 e. The Balaban J connectivity index is 1.53. The van der Waals surface area contributed by atoms with Gasteiger partial charge in [0.25, 0.3) is 0 Å². The van der Waals surface area contributed by atoms with Crippen LogP contribution in [0, 0.1) is 11.7 Å². The molecule has 0 spiro atoms. The molecule has 1 amide bonds. The van der Waals surface area contributed by atoms with Crippen LogP contribution in [0.25, 0.3) is 0 Å². The van der Waals surface area contributed by atoms with Crippen molar-refractivity contribution in [2.24, 2.45) is 5.92 Å². The summed E-state index contributed by atoms with van der Waals surface area (Å²) in [5, 5.41) is 3.24. The third-order valence-electron chi connectivity index (χ3n) is 5.67. The molecule has 4 rings (SSSR count). The highest BCUT2D eigenvalue weighted by atomic mass is 35.5. The van der Waals surface area contributed by atoms with Gasteiger partial charge in [0.2, 0.25) is 15.9 Å². The summed E-state index contributed by atoms with van der Waals surface area (Å²) in [4.78, 5) is 12.9. The van der Waals surface area contributed by atoms with E-state index in [9.17, 15) is 17.6 Å². The highest BCUT2D eigenvalue weighted by Gasteiger charge is 2.35. The number of benzene rings is 3. The summed E-state index contributed by atoms with van der Waals surface area (Å²) >= 11 is 6.14. The lowest BCUT2D eigenvalue weighted by Gasteiger charge is -2.31. The fourth-order valence-corrected chi connectivity index (χ4v) is 5.77. The van der Waals surface area contributed by atoms with Gasteiger partial charge in [-0.05, 0) is 61.4 Å². The Bertz CT molecular complexity index is 1320. The van der Waals surface area contributed by atoms with Gasteiger partial charge in [0.1, 0.15) is 22.2 Å². The van der Waals surface area contributed by atoms with E-state index in [-0.39, 0.29) is 29.6 Å². The predicted molar refractivity (Wildman–Crippen MR) is 131 cm³/mol. The number of para-hydroxylation sites is 1. The summed E-state index contributed by atoms with van der Waals surface area (Å²) in [5.74, 6) is -0.650. The molecule has 1 unspecified atom stereocenters. The number of sulfonamides is 1. The van der Waals surface area contributed by atoms with Gasteiger partial charge in [-0.3, -0.25) is 4.79 Å². The van der Waals surface area contributed by atoms with Crippen LogP contribution in [0.3, 0.4) is 0 Å². The topological polar surface area (TPSA) is 84.9 Å². The van der Waals surface area contributed by atoms with E-state index in [4.69, 9.17) is 21.1 Å². The Morgan fingerprint density at radius 2 is 1.83 bits per heavy atom. The van der Waals surface area contributed by atoms with Crippen molar-refractivity contribution in [3.63, 3.8) is 0 Å². The molecule has 3 aromatic carbocycles. The highest BCUT2D eigenvalue weighted by molar-refractivity contribution is 7.89. The number of hydrogen-bond acceptors (Lipinski definition) is 5. The van der Waals surface area contributed by atoms with Crippen molar-refractivity contribution in [2.45, 2.75) is 17.7 Å². The van der Waals surface area contributed by atoms with Crippen LogP contribution >= 0.6 is 11.6 Å². The molecule has 3 aromatic rings. The molecule has 184 valence electrons. The lowest BCUT2D eigenvalue weighted by atomic mass is 9.98. The van der Waals surface area contributed by atoms with Crippen LogP contribution in [0.2, 0.25) is 5.02 Å². The molecular formula is C25H24ClFN2O5S. The molecule has 1 aliphatic rings. The second kappa shape index (κ2) is 10.6. The van der Waals surface area contributed by atoms with E-state index in [1.165, 1.54) is 17.5 Å². The summed E-state index contributed by atoms with van der Waals surface area (Å²) < 4.78 is 52.6. The van der Waals surface area contributed by atoms with Crippen molar-refractivity contribution >= 4 is 33.2 Å². The smallest absolute Gasteiger partial charge is 0.246 e. The molecule has 0 saturated carbocycles. The first-order chi connectivity index (χ1) is 16.8. The van der Waals surface area contributed by atoms with E-state index in [1.807, 2.05) is 18.2 Å². The molecule has 1 atom stereocenters. The molecule has 10 heteroatoms. The average molecular weight is 519 g/mol. The Hall–Kier alpha value is -3.14. The zero-order valence-corrected chi connectivity index (χ0v) is 20.5. The van der Waals surface area contributed by atoms with Crippen LogP contribution in [0.4, 0.5) is 10.1 Å². The highest BCUT2D eigenvalue weighted by Crippen LogP contribution is 2.34. The first-order valence-electron chi connectivity index (χ1n) is 10.9. The number of carbonyl (C=O) groups excluding carboxylic acids is 1. The summed E-state index contributed by atoms with van der Waals surface area (Å²) in [6.45, 7) is 0.161. The minimum atomic E-state index is -4.08. The molecule has 1 N–H and O–H groups in total. The molecule has 35 heavy (non-hydrogen) atoms. The third kappa shape index (κ3) is 5.75. The Labute approximate surface area is 208 Å². The number of amides is 1. The van der Waals surface area contributed by atoms with Crippen LogP contribution in [0.5, 0.6) is 17.2 Å². The summed E-state index contributed by atoms with van der Waals surface area (Å²) in [6.07, 6.45) is 0.964. The fourth-order valence-electron chi connectivity index (χ4n) is 3.91. The number of nitrogens with zero attached hydrogens (tertiary/aromatic N) is 1. The number of piperidine rings is 1. The van der Waals surface area contributed by atoms with Crippen LogP contribution in [-0.2, 0) is 14.8 Å². The molecule has 1 saturated heterocycles. The standard InChI is InChI=1S/C25H24ClFN2O5S/c1-33-23-12-10-19(27)15-24(23)35(31,32)29-13-5-6-17(16-29)25(30)28-21-14-18(26)9-11-22(21)34-20-7-3-2-4-8-20/h2-4,7-12,14-15,17H,5-6,13,16H2,1H3,(H,28,30). The number of halogens is 2. The van der Waals surface area contributed by atoms with Gasteiger partial charge in [0, 0.05) is 18.1 Å². The van der Waals surface area contributed by atoms with Gasteiger partial charge in [-0.15, -0.1) is 0 Å². The van der Waals surface area contributed by atoms with Crippen LogP contribution < -0.4 is 14.8 Å². The van der Waals surface area contributed by atoms with Crippen molar-refractivity contribution in [1.82, 2.24) is 4.31 Å². The van der Waals surface area contributed by atoms with Gasteiger partial charge >= 0.3 is 0 Å². The van der Waals surface area contributed by atoms with E-state index in [2.05, 4.69) is 5.32 Å². The second-order valence-corrected chi connectivity index (χ2v) is 10.4. The van der Waals surface area contributed by atoms with Crippen molar-refractivity contribution in [3.8, 4) is 17.2 Å². The van der Waals surface area contributed by atoms with Crippen molar-refractivity contribution in [3.05, 3.63) is 77.6 Å². The summed E-state index contributed by atoms with van der Waals surface area (Å²) in [6, 6.07) is 17.3. The minimum absolute atomic E-state index is 0.0413. The number of ether oxygens (including phenoxy) is 2. The molecule has 0 bridgehead atoms. The maximum atomic E-state index is 13.8. The quantitative estimate of drug-likeness (QED) is 0.457. The Kier molecular flexibility index (Phi) is 7.59. The van der Waals surface area contributed by atoms with E-state index in [1.54, 1.807) is 30.3 Å². The second-order valence-electron chi connectivity index (χ2n) is 8.04. The third-order valence-corrected chi connectivity index (χ3v) is 7.79. The number of rotatable bonds is 7. The average Bonchev–Trinajstić information content (AvgIpc) is 2.86. The normalized spacial score (nSPS) is 16.5. The number of hydrogen-bond donors (Lipinski definition) is 1. The van der Waals surface area contributed by atoms with Gasteiger partial charge in [-0.2, -0.15) is 4.31 Å². The molecule has 0 aromatic heterocycles. The van der Waals surface area contributed by atoms with Gasteiger partial charge in [-0.1, -0.05) is 29.8 Å². The number of anilines is 1. The first-order valence-corrected chi connectivity index (χ1v) is 12.8. The number of carbonyl (C=O) groups is 1. The number of methoxy groups -OCH3 is 1. The van der Waals surface area contributed by atoms with Crippen molar-refractivity contribution in [2.75, 3.05) is 25.5 Å². The largest absolute Gasteiger partial charge is 0.495 e. The maximum absolute atomic E-state index is 13.8. The lowest BCUT2D eigenvalue weighted by molar-refractivity contribution is -0.120. The van der Waals surface area contributed by atoms with E-state index >= 15 is 0 Å². The molecule has 0 radical (unpaired) electrons. The SMILES string of the molecule is COc1ccc(F)cc1S(=O)(=O)N1CCCC(C(=O)Nc2cc(Cl)ccc2Oc2ccccc2)C1. The summed E-state index contributed by atoms with van der Waals surface area (Å²) in [7, 11) is -2.76. The predicted octanol–water partition coefficient (Wildman–Crippen LogP) is 5.32. The monoisotopic (exact) mass is 518 g/mol. The Morgan fingerprint density at radius 3 is 2.57 bits per heavy atom. The molecule has 0 aliphatic carbocycles. The van der Waals surface area contributed by atoms with Crippen LogP contribution in [0.1, 0.15) is 12.8 Å². The lowest BCUT2D eigenvalue weighted by Crippen LogP contribution is -2.43. The Morgan fingerprint density at radius 1 is 1.09 bits per heavy atom. The molecular weight excluding hydrogens is 495 g/mol. The van der Waals surface area contributed by atoms with Gasteiger partial charge in [0.15, 0.2) is 5.75 Å². The van der Waals surface area contributed by atoms with E-state index in [0.717, 1.165) is 12.1 Å². The van der Waals surface area contributed by atoms with Gasteiger partial charge in [-0.25, -0.2) is 12.8 Å². The summed E-state index contributed by atoms with van der Waals surface area (Å²) in [5.41, 5.74) is 0.373. The van der Waals surface area contributed by atoms with Crippen molar-refractivity contribution < 1.29 is 27.1 Å². The zero-order valence-electron chi connectivity index (χ0n) is 18.9. The van der Waals surface area contributed by atoms with E-state index < -0.39 is 21.8 Å². The van der Waals surface area contributed by atoms with Gasteiger partial charge < -0.3 is 14.8 Å². The molecule has 1 aliphatic heterocycles. The molecule has 1 fully saturated rings. The number of nitrogens with one attached hydrogen (secondary N) is 1. The molecule has 7 nitrogen and oxygen atoms in total. The first kappa shape index (κ1) is 25.0. The zero-order chi connectivity index (χ0) is 25.0. The van der Waals surface area contributed by atoms with E-state index in [0.29, 0.717) is 35.1 Å². The van der Waals surface area contributed by atoms with Gasteiger partial charge in [0.05, 0.1) is 18.7 Å². The minimum Gasteiger partial charge on any atom is -0.495 e. The van der Waals surface area contributed by atoms with Crippen LogP contribution in [-0.4, -0.2) is 38.8 Å². The fraction of sp³-hybridized carbons (Fsp3) is 0.240.